The Morgan fingerprint density at radius 2 is 2.05 bits per heavy atom. The predicted octanol–water partition coefficient (Wildman–Crippen LogP) is 2.21. The molecule has 0 aromatic carbocycles. The van der Waals surface area contributed by atoms with E-state index < -0.39 is 27.6 Å². The molecule has 2 N–H and O–H groups in total. The van der Waals surface area contributed by atoms with Gasteiger partial charge in [0.25, 0.3) is 0 Å². The molecule has 0 aliphatic heterocycles. The standard InChI is InChI=1S/C10H13BrF3N3O2S/c1-2-17-20(18,19)4-3-15-9-8(10(12,13)14)5-7(11)6-16-9/h5-6,17H,2-4H2,1H3,(H,15,16). The maximum Gasteiger partial charge on any atom is 0.419 e. The zero-order valence-corrected chi connectivity index (χ0v) is 12.9. The van der Waals surface area contributed by atoms with Crippen molar-refractivity contribution in [2.24, 2.45) is 0 Å². The van der Waals surface area contributed by atoms with Crippen LogP contribution in [0.3, 0.4) is 0 Å². The van der Waals surface area contributed by atoms with Crippen LogP contribution < -0.4 is 10.0 Å². The second-order valence-electron chi connectivity index (χ2n) is 3.79. The molecule has 0 radical (unpaired) electrons. The van der Waals surface area contributed by atoms with Crippen LogP contribution in [0.1, 0.15) is 12.5 Å². The second-order valence-corrected chi connectivity index (χ2v) is 6.63. The van der Waals surface area contributed by atoms with E-state index in [1.807, 2.05) is 0 Å². The summed E-state index contributed by atoms with van der Waals surface area (Å²) in [4.78, 5) is 3.62. The summed E-state index contributed by atoms with van der Waals surface area (Å²) in [6, 6.07) is 0.883. The van der Waals surface area contributed by atoms with Crippen molar-refractivity contribution in [1.29, 1.82) is 0 Å². The monoisotopic (exact) mass is 375 g/mol. The van der Waals surface area contributed by atoms with Gasteiger partial charge in [0.15, 0.2) is 0 Å². The number of nitrogens with zero attached hydrogens (tertiary/aromatic N) is 1. The van der Waals surface area contributed by atoms with Crippen LogP contribution in [-0.2, 0) is 16.2 Å². The van der Waals surface area contributed by atoms with E-state index in [1.165, 1.54) is 6.20 Å². The van der Waals surface area contributed by atoms with E-state index in [0.717, 1.165) is 6.07 Å². The maximum atomic E-state index is 12.8. The molecule has 0 unspecified atom stereocenters. The molecule has 0 spiro atoms. The first-order valence-corrected chi connectivity index (χ1v) is 8.04. The first kappa shape index (κ1) is 17.2. The SMILES string of the molecule is CCNS(=O)(=O)CCNc1ncc(Br)cc1C(F)(F)F. The molecule has 0 saturated heterocycles. The van der Waals surface area contributed by atoms with Gasteiger partial charge in [-0.2, -0.15) is 13.2 Å². The maximum absolute atomic E-state index is 12.8. The molecule has 0 aliphatic rings. The lowest BCUT2D eigenvalue weighted by Gasteiger charge is -2.14. The Kier molecular flexibility index (Phi) is 5.78. The molecular formula is C10H13BrF3N3O2S. The van der Waals surface area contributed by atoms with Gasteiger partial charge < -0.3 is 5.32 Å². The van der Waals surface area contributed by atoms with Crippen molar-refractivity contribution in [2.75, 3.05) is 24.2 Å². The van der Waals surface area contributed by atoms with Gasteiger partial charge in [0.05, 0.1) is 11.3 Å². The fourth-order valence-electron chi connectivity index (χ4n) is 1.39. The Labute approximate surface area is 123 Å². The van der Waals surface area contributed by atoms with Crippen molar-refractivity contribution in [3.05, 3.63) is 22.3 Å². The molecule has 20 heavy (non-hydrogen) atoms. The highest BCUT2D eigenvalue weighted by Crippen LogP contribution is 2.35. The van der Waals surface area contributed by atoms with Gasteiger partial charge in [-0.15, -0.1) is 0 Å². The topological polar surface area (TPSA) is 71.1 Å². The van der Waals surface area contributed by atoms with E-state index in [0.29, 0.717) is 0 Å². The van der Waals surface area contributed by atoms with E-state index >= 15 is 0 Å². The molecule has 1 aromatic rings. The third-order valence-electron chi connectivity index (χ3n) is 2.19. The number of sulfonamides is 1. The van der Waals surface area contributed by atoms with Crippen LogP contribution in [-0.4, -0.2) is 32.2 Å². The van der Waals surface area contributed by atoms with Gasteiger partial charge in [-0.05, 0) is 22.0 Å². The predicted molar refractivity (Wildman–Crippen MR) is 72.9 cm³/mol. The van der Waals surface area contributed by atoms with Crippen LogP contribution in [0.25, 0.3) is 0 Å². The number of pyridine rings is 1. The van der Waals surface area contributed by atoms with Gasteiger partial charge >= 0.3 is 6.18 Å². The summed E-state index contributed by atoms with van der Waals surface area (Å²) in [5.74, 6) is -0.733. The molecule has 0 fully saturated rings. The van der Waals surface area contributed by atoms with Crippen LogP contribution in [0.15, 0.2) is 16.7 Å². The molecule has 10 heteroatoms. The number of hydrogen-bond donors (Lipinski definition) is 2. The summed E-state index contributed by atoms with van der Waals surface area (Å²) in [5, 5.41) is 2.39. The minimum atomic E-state index is -4.57. The van der Waals surface area contributed by atoms with E-state index in [9.17, 15) is 21.6 Å². The van der Waals surface area contributed by atoms with E-state index in [1.54, 1.807) is 6.92 Å². The van der Waals surface area contributed by atoms with Crippen molar-refractivity contribution >= 4 is 31.8 Å². The minimum absolute atomic E-state index is 0.174. The summed E-state index contributed by atoms with van der Waals surface area (Å²) in [6.45, 7) is 1.67. The number of hydrogen-bond acceptors (Lipinski definition) is 4. The van der Waals surface area contributed by atoms with Gasteiger partial charge in [0.1, 0.15) is 5.82 Å². The first-order chi connectivity index (χ1) is 9.15. The van der Waals surface area contributed by atoms with Crippen molar-refractivity contribution in [2.45, 2.75) is 13.1 Å². The fraction of sp³-hybridized carbons (Fsp3) is 0.500. The summed E-state index contributed by atoms with van der Waals surface area (Å²) in [7, 11) is -3.49. The Morgan fingerprint density at radius 1 is 1.40 bits per heavy atom. The number of alkyl halides is 3. The van der Waals surface area contributed by atoms with Crippen molar-refractivity contribution in [3.63, 3.8) is 0 Å². The Bertz CT molecular complexity index is 563. The minimum Gasteiger partial charge on any atom is -0.368 e. The van der Waals surface area contributed by atoms with Crippen LogP contribution in [0.5, 0.6) is 0 Å². The lowest BCUT2D eigenvalue weighted by atomic mass is 10.2. The highest BCUT2D eigenvalue weighted by Gasteiger charge is 2.34. The Morgan fingerprint density at radius 3 is 2.60 bits per heavy atom. The fourth-order valence-corrected chi connectivity index (χ4v) is 2.68. The second kappa shape index (κ2) is 6.72. The van der Waals surface area contributed by atoms with E-state index in [4.69, 9.17) is 0 Å². The van der Waals surface area contributed by atoms with Gasteiger partial charge in [-0.25, -0.2) is 18.1 Å². The van der Waals surface area contributed by atoms with Crippen LogP contribution in [0, 0.1) is 0 Å². The summed E-state index contributed by atoms with van der Waals surface area (Å²) < 4.78 is 63.5. The summed E-state index contributed by atoms with van der Waals surface area (Å²) >= 11 is 2.91. The molecule has 0 aliphatic carbocycles. The van der Waals surface area contributed by atoms with E-state index in [2.05, 4.69) is 31.0 Å². The third kappa shape index (κ3) is 5.25. The average molecular weight is 376 g/mol. The van der Waals surface area contributed by atoms with Crippen LogP contribution in [0.4, 0.5) is 19.0 Å². The summed E-state index contributed by atoms with van der Waals surface area (Å²) in [5.41, 5.74) is -0.951. The highest BCUT2D eigenvalue weighted by molar-refractivity contribution is 9.10. The molecule has 1 heterocycles. The zero-order valence-electron chi connectivity index (χ0n) is 10.5. The van der Waals surface area contributed by atoms with E-state index in [-0.39, 0.29) is 23.3 Å². The smallest absolute Gasteiger partial charge is 0.368 e. The number of halogens is 4. The average Bonchev–Trinajstić information content (AvgIpc) is 2.29. The van der Waals surface area contributed by atoms with Crippen LogP contribution >= 0.6 is 15.9 Å². The van der Waals surface area contributed by atoms with Crippen molar-refractivity contribution in [1.82, 2.24) is 9.71 Å². The molecule has 0 amide bonds. The molecule has 0 saturated carbocycles. The molecular weight excluding hydrogens is 363 g/mol. The lowest BCUT2D eigenvalue weighted by molar-refractivity contribution is -0.137. The number of aromatic nitrogens is 1. The zero-order chi connectivity index (χ0) is 15.4. The van der Waals surface area contributed by atoms with Gasteiger partial charge in [-0.3, -0.25) is 0 Å². The normalized spacial score (nSPS) is 12.4. The van der Waals surface area contributed by atoms with Crippen molar-refractivity contribution < 1.29 is 21.6 Å². The Balaban J connectivity index is 2.79. The molecule has 0 bridgehead atoms. The number of nitrogens with one attached hydrogen (secondary N) is 2. The summed E-state index contributed by atoms with van der Waals surface area (Å²) in [6.07, 6.45) is -3.37. The highest BCUT2D eigenvalue weighted by atomic mass is 79.9. The number of rotatable bonds is 6. The largest absolute Gasteiger partial charge is 0.419 e. The quantitative estimate of drug-likeness (QED) is 0.799. The third-order valence-corrected chi connectivity index (χ3v) is 4.09. The lowest BCUT2D eigenvalue weighted by Crippen LogP contribution is -2.29. The Hall–Kier alpha value is -0.870. The first-order valence-electron chi connectivity index (χ1n) is 5.59. The molecule has 5 nitrogen and oxygen atoms in total. The molecule has 114 valence electrons. The molecule has 1 aromatic heterocycles. The van der Waals surface area contributed by atoms with Crippen molar-refractivity contribution in [3.8, 4) is 0 Å². The molecule has 0 atom stereocenters. The van der Waals surface area contributed by atoms with Crippen LogP contribution in [0.2, 0.25) is 0 Å². The van der Waals surface area contributed by atoms with Gasteiger partial charge in [0, 0.05) is 23.8 Å². The van der Waals surface area contributed by atoms with Gasteiger partial charge in [0.2, 0.25) is 10.0 Å². The number of anilines is 1. The van der Waals surface area contributed by atoms with Gasteiger partial charge in [-0.1, -0.05) is 6.92 Å². The molecule has 1 rings (SSSR count).